The number of ketones is 1. The van der Waals surface area contributed by atoms with Crippen LogP contribution in [0.5, 0.6) is 0 Å². The van der Waals surface area contributed by atoms with Crippen LogP contribution in [0.2, 0.25) is 0 Å². The Morgan fingerprint density at radius 2 is 1.87 bits per heavy atom. The van der Waals surface area contributed by atoms with Crippen LogP contribution in [-0.2, 0) is 6.54 Å². The summed E-state index contributed by atoms with van der Waals surface area (Å²) in [5.74, 6) is 0.909. The number of nitrogens with two attached hydrogens (primary N) is 1. The molecule has 0 spiro atoms. The van der Waals surface area contributed by atoms with Crippen LogP contribution in [0.15, 0.2) is 42.5 Å². The highest BCUT2D eigenvalue weighted by atomic mass is 32.1. The van der Waals surface area contributed by atoms with Gasteiger partial charge < -0.3 is 10.6 Å². The molecule has 6 nitrogen and oxygen atoms in total. The van der Waals surface area contributed by atoms with Crippen LogP contribution in [0.25, 0.3) is 26.6 Å². The molecule has 4 aromatic rings. The highest BCUT2D eigenvalue weighted by Gasteiger charge is 2.14. The van der Waals surface area contributed by atoms with E-state index in [-0.39, 0.29) is 5.78 Å². The van der Waals surface area contributed by atoms with Crippen LogP contribution in [0.4, 0.5) is 0 Å². The van der Waals surface area contributed by atoms with E-state index < -0.39 is 0 Å². The van der Waals surface area contributed by atoms with Gasteiger partial charge in [0, 0.05) is 24.1 Å². The number of nitrogens with zero attached hydrogens (tertiary/aromatic N) is 4. The van der Waals surface area contributed by atoms with Gasteiger partial charge in [0.05, 0.1) is 10.2 Å². The number of unbranched alkanes of at least 4 members (excludes halogenated alkanes) is 1. The van der Waals surface area contributed by atoms with Crippen molar-refractivity contribution >= 4 is 32.3 Å². The van der Waals surface area contributed by atoms with Gasteiger partial charge in [-0.2, -0.15) is 4.98 Å². The van der Waals surface area contributed by atoms with Crippen molar-refractivity contribution in [2.24, 2.45) is 5.73 Å². The SMILES string of the molecule is CCN(CC)CCCCC(=O)c1ccc2c(c1)sc1nc(-c3ccc(CN)cc3)nn12. The third-order valence-corrected chi connectivity index (χ3v) is 6.75. The molecule has 2 aromatic heterocycles. The van der Waals surface area contributed by atoms with Gasteiger partial charge in [0.2, 0.25) is 4.96 Å². The summed E-state index contributed by atoms with van der Waals surface area (Å²) in [6, 6.07) is 13.9. The Balaban J connectivity index is 1.47. The highest BCUT2D eigenvalue weighted by Crippen LogP contribution is 2.29. The molecule has 0 saturated carbocycles. The van der Waals surface area contributed by atoms with Crippen molar-refractivity contribution in [1.82, 2.24) is 19.5 Å². The molecule has 0 radical (unpaired) electrons. The van der Waals surface area contributed by atoms with Gasteiger partial charge in [-0.15, -0.1) is 5.10 Å². The predicted octanol–water partition coefficient (Wildman–Crippen LogP) is 4.76. The first kappa shape index (κ1) is 21.6. The molecule has 0 bridgehead atoms. The molecule has 0 aliphatic rings. The van der Waals surface area contributed by atoms with E-state index >= 15 is 0 Å². The van der Waals surface area contributed by atoms with Crippen LogP contribution in [-0.4, -0.2) is 44.9 Å². The molecule has 31 heavy (non-hydrogen) atoms. The fourth-order valence-electron chi connectivity index (χ4n) is 3.78. The quantitative estimate of drug-likeness (QED) is 0.287. The van der Waals surface area contributed by atoms with Crippen molar-refractivity contribution in [3.8, 4) is 11.4 Å². The molecule has 4 rings (SSSR count). The molecular formula is C24H29N5OS. The number of hydrogen-bond donors (Lipinski definition) is 1. The predicted molar refractivity (Wildman–Crippen MR) is 128 cm³/mol. The minimum absolute atomic E-state index is 0.209. The Bertz CT molecular complexity index is 1170. The first-order valence-corrected chi connectivity index (χ1v) is 11.8. The fourth-order valence-corrected chi connectivity index (χ4v) is 4.78. The van der Waals surface area contributed by atoms with Crippen LogP contribution in [0, 0.1) is 0 Å². The maximum atomic E-state index is 12.7. The smallest absolute Gasteiger partial charge is 0.213 e. The van der Waals surface area contributed by atoms with E-state index in [0.717, 1.165) is 64.3 Å². The summed E-state index contributed by atoms with van der Waals surface area (Å²) in [4.78, 5) is 20.6. The van der Waals surface area contributed by atoms with Gasteiger partial charge >= 0.3 is 0 Å². The van der Waals surface area contributed by atoms with Crippen molar-refractivity contribution < 1.29 is 4.79 Å². The van der Waals surface area contributed by atoms with Crippen LogP contribution >= 0.6 is 11.3 Å². The number of carbonyl (C=O) groups is 1. The van der Waals surface area contributed by atoms with E-state index in [9.17, 15) is 4.79 Å². The number of hydrogen-bond acceptors (Lipinski definition) is 6. The number of Topliss-reactive ketones (excluding diaryl/α,β-unsaturated/α-hetero) is 1. The molecule has 2 N–H and O–H groups in total. The molecular weight excluding hydrogens is 406 g/mol. The van der Waals surface area contributed by atoms with Crippen LogP contribution in [0.1, 0.15) is 49.0 Å². The van der Waals surface area contributed by atoms with E-state index in [2.05, 4.69) is 23.8 Å². The second-order valence-corrected chi connectivity index (χ2v) is 8.73. The van der Waals surface area contributed by atoms with Crippen LogP contribution < -0.4 is 5.73 Å². The van der Waals surface area contributed by atoms with E-state index in [0.29, 0.717) is 18.8 Å². The summed E-state index contributed by atoms with van der Waals surface area (Å²) in [5, 5.41) is 4.69. The lowest BCUT2D eigenvalue weighted by atomic mass is 10.1. The van der Waals surface area contributed by atoms with Crippen molar-refractivity contribution in [1.29, 1.82) is 0 Å². The fraction of sp³-hybridized carbons (Fsp3) is 0.375. The van der Waals surface area contributed by atoms with Gasteiger partial charge in [0.15, 0.2) is 11.6 Å². The van der Waals surface area contributed by atoms with Crippen molar-refractivity contribution in [3.05, 3.63) is 53.6 Å². The Hall–Kier alpha value is -2.61. The molecule has 2 heterocycles. The lowest BCUT2D eigenvalue weighted by molar-refractivity contribution is 0.0978. The summed E-state index contributed by atoms with van der Waals surface area (Å²) in [6.07, 6.45) is 2.58. The minimum Gasteiger partial charge on any atom is -0.326 e. The highest BCUT2D eigenvalue weighted by molar-refractivity contribution is 7.23. The molecule has 0 saturated heterocycles. The number of aromatic nitrogens is 3. The van der Waals surface area contributed by atoms with Gasteiger partial charge in [-0.25, -0.2) is 4.52 Å². The second-order valence-electron chi connectivity index (χ2n) is 7.72. The zero-order valence-electron chi connectivity index (χ0n) is 18.2. The Kier molecular flexibility index (Phi) is 6.75. The lowest BCUT2D eigenvalue weighted by Crippen LogP contribution is -2.24. The van der Waals surface area contributed by atoms with Gasteiger partial charge in [0.25, 0.3) is 0 Å². The lowest BCUT2D eigenvalue weighted by Gasteiger charge is -2.17. The molecule has 0 fully saturated rings. The Labute approximate surface area is 186 Å². The van der Waals surface area contributed by atoms with Gasteiger partial charge in [-0.3, -0.25) is 4.79 Å². The number of fused-ring (bicyclic) bond motifs is 3. The third kappa shape index (κ3) is 4.69. The standard InChI is InChI=1S/C24H29N5OS/c1-3-28(4-2)14-6-5-7-21(30)19-12-13-20-22(15-19)31-24-26-23(27-29(20)24)18-10-8-17(16-25)9-11-18/h8-13,15H,3-7,14,16,25H2,1-2H3. The van der Waals surface area contributed by atoms with E-state index in [1.54, 1.807) is 11.3 Å². The average Bonchev–Trinajstić information content (AvgIpc) is 3.36. The zero-order valence-corrected chi connectivity index (χ0v) is 19.0. The van der Waals surface area contributed by atoms with Crippen molar-refractivity contribution in [2.45, 2.75) is 39.7 Å². The minimum atomic E-state index is 0.209. The molecule has 162 valence electrons. The van der Waals surface area contributed by atoms with Gasteiger partial charge in [-0.05, 0) is 56.2 Å². The van der Waals surface area contributed by atoms with E-state index in [1.807, 2.05) is 47.0 Å². The normalized spacial score (nSPS) is 11.7. The monoisotopic (exact) mass is 435 g/mol. The van der Waals surface area contributed by atoms with Gasteiger partial charge in [0.1, 0.15) is 0 Å². The first-order chi connectivity index (χ1) is 15.1. The molecule has 7 heteroatoms. The topological polar surface area (TPSA) is 76.5 Å². The summed E-state index contributed by atoms with van der Waals surface area (Å²) >= 11 is 1.57. The summed E-state index contributed by atoms with van der Waals surface area (Å²) in [7, 11) is 0. The zero-order chi connectivity index (χ0) is 21.8. The molecule has 0 aliphatic carbocycles. The maximum Gasteiger partial charge on any atom is 0.213 e. The van der Waals surface area contributed by atoms with Crippen molar-refractivity contribution in [3.63, 3.8) is 0 Å². The van der Waals surface area contributed by atoms with Gasteiger partial charge in [-0.1, -0.05) is 49.4 Å². The maximum absolute atomic E-state index is 12.7. The summed E-state index contributed by atoms with van der Waals surface area (Å²) in [5.41, 5.74) is 9.49. The largest absolute Gasteiger partial charge is 0.326 e. The van der Waals surface area contributed by atoms with E-state index in [1.165, 1.54) is 0 Å². The Morgan fingerprint density at radius 3 is 2.58 bits per heavy atom. The van der Waals surface area contributed by atoms with Crippen LogP contribution in [0.3, 0.4) is 0 Å². The molecule has 0 atom stereocenters. The Morgan fingerprint density at radius 1 is 1.10 bits per heavy atom. The van der Waals surface area contributed by atoms with Crippen molar-refractivity contribution in [2.75, 3.05) is 19.6 Å². The molecule has 0 amide bonds. The summed E-state index contributed by atoms with van der Waals surface area (Å²) in [6.45, 7) is 8.07. The summed E-state index contributed by atoms with van der Waals surface area (Å²) < 4.78 is 2.90. The second kappa shape index (κ2) is 9.68. The number of thiazole rings is 1. The first-order valence-electron chi connectivity index (χ1n) is 11.0. The average molecular weight is 436 g/mol. The molecule has 0 unspecified atom stereocenters. The number of benzene rings is 2. The number of rotatable bonds is 10. The molecule has 0 aliphatic heterocycles. The third-order valence-electron chi connectivity index (χ3n) is 5.76. The van der Waals surface area contributed by atoms with E-state index in [4.69, 9.17) is 10.7 Å². The number of carbonyl (C=O) groups excluding carboxylic acids is 1. The molecule has 2 aromatic carbocycles.